The maximum atomic E-state index is 13.3. The van der Waals surface area contributed by atoms with E-state index in [1.54, 1.807) is 19.2 Å². The van der Waals surface area contributed by atoms with Gasteiger partial charge in [-0.3, -0.25) is 14.3 Å². The van der Waals surface area contributed by atoms with Gasteiger partial charge < -0.3 is 5.73 Å². The molecule has 0 aliphatic heterocycles. The van der Waals surface area contributed by atoms with Crippen molar-refractivity contribution in [3.63, 3.8) is 0 Å². The molecule has 1 amide bonds. The van der Waals surface area contributed by atoms with Gasteiger partial charge in [0.1, 0.15) is 0 Å². The fourth-order valence-corrected chi connectivity index (χ4v) is 5.64. The first-order valence-corrected chi connectivity index (χ1v) is 12.3. The maximum Gasteiger partial charge on any atom is 0.269 e. The Balaban J connectivity index is 1.79. The van der Waals surface area contributed by atoms with Crippen molar-refractivity contribution in [2.24, 2.45) is 12.8 Å². The first-order valence-electron chi connectivity index (χ1n) is 10.9. The van der Waals surface area contributed by atoms with Gasteiger partial charge in [0, 0.05) is 29.4 Å². The van der Waals surface area contributed by atoms with E-state index in [2.05, 4.69) is 9.82 Å². The van der Waals surface area contributed by atoms with E-state index in [0.29, 0.717) is 40.9 Å². The van der Waals surface area contributed by atoms with Gasteiger partial charge in [0.25, 0.3) is 15.6 Å². The standard InChI is InChI=1S/C24H26N4O4S/c1-3-15-8-9-17(22-19-6-4-5-7-20(19)24(30)28(2)26-22)14-21(15)33(31,32)27-18-12-10-16(11-13-18)23(25)29/h8-14,27H,3-7H2,1-2H3,(H2,25,29). The summed E-state index contributed by atoms with van der Waals surface area (Å²) < 4.78 is 30.5. The van der Waals surface area contributed by atoms with Gasteiger partial charge in [-0.15, -0.1) is 0 Å². The average molecular weight is 467 g/mol. The van der Waals surface area contributed by atoms with Crippen molar-refractivity contribution in [3.05, 3.63) is 75.1 Å². The predicted octanol–water partition coefficient (Wildman–Crippen LogP) is 2.79. The molecule has 1 aliphatic rings. The van der Waals surface area contributed by atoms with Crippen molar-refractivity contribution in [2.45, 2.75) is 43.9 Å². The largest absolute Gasteiger partial charge is 0.366 e. The zero-order valence-corrected chi connectivity index (χ0v) is 19.4. The minimum Gasteiger partial charge on any atom is -0.366 e. The van der Waals surface area contributed by atoms with Crippen molar-refractivity contribution in [3.8, 4) is 11.3 Å². The highest BCUT2D eigenvalue weighted by Crippen LogP contribution is 2.31. The Bertz CT molecular complexity index is 1390. The van der Waals surface area contributed by atoms with E-state index >= 15 is 0 Å². The normalized spacial score (nSPS) is 13.4. The summed E-state index contributed by atoms with van der Waals surface area (Å²) in [5.74, 6) is -0.585. The highest BCUT2D eigenvalue weighted by Gasteiger charge is 2.24. The van der Waals surface area contributed by atoms with Gasteiger partial charge in [-0.05, 0) is 73.6 Å². The molecule has 0 spiro atoms. The molecule has 3 aromatic rings. The molecule has 33 heavy (non-hydrogen) atoms. The van der Waals surface area contributed by atoms with Crippen LogP contribution < -0.4 is 16.0 Å². The van der Waals surface area contributed by atoms with Gasteiger partial charge in [-0.1, -0.05) is 19.1 Å². The third-order valence-electron chi connectivity index (χ3n) is 5.99. The smallest absolute Gasteiger partial charge is 0.269 e. The molecule has 172 valence electrons. The van der Waals surface area contributed by atoms with Crippen LogP contribution in [-0.4, -0.2) is 24.1 Å². The van der Waals surface area contributed by atoms with Crippen LogP contribution in [0.4, 0.5) is 5.69 Å². The molecule has 1 aromatic heterocycles. The minimum absolute atomic E-state index is 0.0902. The number of nitrogens with zero attached hydrogens (tertiary/aromatic N) is 2. The molecule has 1 aliphatic carbocycles. The van der Waals surface area contributed by atoms with Crippen molar-refractivity contribution < 1.29 is 13.2 Å². The van der Waals surface area contributed by atoms with Crippen LogP contribution in [-0.2, 0) is 36.3 Å². The van der Waals surface area contributed by atoms with Gasteiger partial charge in [-0.2, -0.15) is 5.10 Å². The van der Waals surface area contributed by atoms with Crippen LogP contribution >= 0.6 is 0 Å². The first-order chi connectivity index (χ1) is 15.7. The fraction of sp³-hybridized carbons (Fsp3) is 0.292. The Morgan fingerprint density at radius 2 is 1.76 bits per heavy atom. The zero-order chi connectivity index (χ0) is 23.8. The van der Waals surface area contributed by atoms with Crippen LogP contribution in [0.5, 0.6) is 0 Å². The fourth-order valence-electron chi connectivity index (χ4n) is 4.24. The number of fused-ring (bicyclic) bond motifs is 1. The van der Waals surface area contributed by atoms with Gasteiger partial charge in [0.2, 0.25) is 5.91 Å². The lowest BCUT2D eigenvalue weighted by Crippen LogP contribution is -2.28. The van der Waals surface area contributed by atoms with Crippen LogP contribution in [0.3, 0.4) is 0 Å². The SMILES string of the molecule is CCc1ccc(-c2nn(C)c(=O)c3c2CCCC3)cc1S(=O)(=O)Nc1ccc(C(N)=O)cc1. The minimum atomic E-state index is -3.92. The summed E-state index contributed by atoms with van der Waals surface area (Å²) in [6.45, 7) is 1.89. The Morgan fingerprint density at radius 3 is 2.39 bits per heavy atom. The molecule has 8 nitrogen and oxygen atoms in total. The summed E-state index contributed by atoms with van der Waals surface area (Å²) in [6, 6.07) is 11.2. The zero-order valence-electron chi connectivity index (χ0n) is 18.6. The third-order valence-corrected chi connectivity index (χ3v) is 7.45. The molecule has 2 aromatic carbocycles. The van der Waals surface area contributed by atoms with Crippen molar-refractivity contribution in [1.29, 1.82) is 0 Å². The summed E-state index contributed by atoms with van der Waals surface area (Å²) in [5.41, 5.74) is 9.43. The van der Waals surface area contributed by atoms with Crippen LogP contribution in [0.2, 0.25) is 0 Å². The van der Waals surface area contributed by atoms with E-state index in [4.69, 9.17) is 5.73 Å². The van der Waals surface area contributed by atoms with Crippen molar-refractivity contribution in [2.75, 3.05) is 4.72 Å². The molecule has 0 saturated heterocycles. The van der Waals surface area contributed by atoms with E-state index in [9.17, 15) is 18.0 Å². The number of aromatic nitrogens is 2. The Kier molecular flexibility index (Phi) is 6.07. The van der Waals surface area contributed by atoms with Crippen molar-refractivity contribution >= 4 is 21.6 Å². The van der Waals surface area contributed by atoms with Crippen LogP contribution in [0, 0.1) is 0 Å². The monoisotopic (exact) mass is 466 g/mol. The first kappa shape index (κ1) is 22.7. The lowest BCUT2D eigenvalue weighted by atomic mass is 9.89. The summed E-state index contributed by atoms with van der Waals surface area (Å²) in [6.07, 6.45) is 3.90. The second-order valence-electron chi connectivity index (χ2n) is 8.16. The number of carbonyl (C=O) groups is 1. The molecule has 0 saturated carbocycles. The number of anilines is 1. The number of aryl methyl sites for hydroxylation is 2. The number of sulfonamides is 1. The number of nitrogens with one attached hydrogen (secondary N) is 1. The number of amides is 1. The maximum absolute atomic E-state index is 13.3. The van der Waals surface area contributed by atoms with Gasteiger partial charge >= 0.3 is 0 Å². The molecule has 3 N–H and O–H groups in total. The van der Waals surface area contributed by atoms with Crippen LogP contribution in [0.25, 0.3) is 11.3 Å². The quantitative estimate of drug-likeness (QED) is 0.578. The molecule has 1 heterocycles. The molecule has 0 radical (unpaired) electrons. The Morgan fingerprint density at radius 1 is 1.09 bits per heavy atom. The molecule has 9 heteroatoms. The van der Waals surface area contributed by atoms with Gasteiger partial charge in [-0.25, -0.2) is 13.1 Å². The lowest BCUT2D eigenvalue weighted by molar-refractivity contribution is 0.100. The summed E-state index contributed by atoms with van der Waals surface area (Å²) in [5, 5.41) is 4.49. The van der Waals surface area contributed by atoms with E-state index in [1.807, 2.05) is 13.0 Å². The summed E-state index contributed by atoms with van der Waals surface area (Å²) in [4.78, 5) is 24.0. The molecule has 0 unspecified atom stereocenters. The Labute approximate surface area is 192 Å². The van der Waals surface area contributed by atoms with E-state index < -0.39 is 15.9 Å². The number of hydrogen-bond acceptors (Lipinski definition) is 5. The molecule has 0 bridgehead atoms. The van der Waals surface area contributed by atoms with E-state index in [1.165, 1.54) is 28.9 Å². The number of primary amides is 1. The van der Waals surface area contributed by atoms with Crippen molar-refractivity contribution in [1.82, 2.24) is 9.78 Å². The summed E-state index contributed by atoms with van der Waals surface area (Å²) in [7, 11) is -2.30. The topological polar surface area (TPSA) is 124 Å². The number of benzene rings is 2. The number of rotatable bonds is 6. The molecule has 0 fully saturated rings. The van der Waals surface area contributed by atoms with E-state index in [-0.39, 0.29) is 10.5 Å². The number of hydrogen-bond donors (Lipinski definition) is 2. The number of carbonyl (C=O) groups excluding carboxylic acids is 1. The van der Waals surface area contributed by atoms with Gasteiger partial charge in [0.05, 0.1) is 10.6 Å². The van der Waals surface area contributed by atoms with Gasteiger partial charge in [0.15, 0.2) is 0 Å². The highest BCUT2D eigenvalue weighted by molar-refractivity contribution is 7.92. The highest BCUT2D eigenvalue weighted by atomic mass is 32.2. The van der Waals surface area contributed by atoms with E-state index in [0.717, 1.165) is 30.4 Å². The van der Waals surface area contributed by atoms with Crippen LogP contribution in [0.15, 0.2) is 52.2 Å². The molecular formula is C24H26N4O4S. The summed E-state index contributed by atoms with van der Waals surface area (Å²) >= 11 is 0. The second-order valence-corrected chi connectivity index (χ2v) is 9.82. The third kappa shape index (κ3) is 4.41. The van der Waals surface area contributed by atoms with Crippen LogP contribution in [0.1, 0.15) is 46.8 Å². The molecule has 4 rings (SSSR count). The second kappa shape index (κ2) is 8.82. The average Bonchev–Trinajstić information content (AvgIpc) is 2.81. The Hall–Kier alpha value is -3.46. The molecule has 0 atom stereocenters. The lowest BCUT2D eigenvalue weighted by Gasteiger charge is -2.20. The predicted molar refractivity (Wildman–Crippen MR) is 127 cm³/mol. The number of nitrogens with two attached hydrogens (primary N) is 1. The molecular weight excluding hydrogens is 440 g/mol.